The molecule has 0 saturated carbocycles. The molecule has 0 bridgehead atoms. The molecule has 0 aliphatic heterocycles. The molecule has 0 amide bonds. The zero-order valence-electron chi connectivity index (χ0n) is 11.9. The van der Waals surface area contributed by atoms with Gasteiger partial charge in [-0.05, 0) is 29.3 Å². The molecule has 0 radical (unpaired) electrons. The molecule has 1 nitrogen and oxygen atoms in total. The van der Waals surface area contributed by atoms with Gasteiger partial charge in [-0.15, -0.1) is 0 Å². The highest BCUT2D eigenvalue weighted by Gasteiger charge is 2.27. The summed E-state index contributed by atoms with van der Waals surface area (Å²) in [5.74, 6) is 0. The first-order valence-electron chi connectivity index (χ1n) is 7.24. The van der Waals surface area contributed by atoms with E-state index in [1.807, 2.05) is 12.1 Å². The molecule has 1 aliphatic carbocycles. The van der Waals surface area contributed by atoms with Gasteiger partial charge < -0.3 is 5.73 Å². The van der Waals surface area contributed by atoms with Gasteiger partial charge in [0, 0.05) is 5.41 Å². The lowest BCUT2D eigenvalue weighted by Crippen LogP contribution is -2.22. The molecule has 2 N–H and O–H groups in total. The van der Waals surface area contributed by atoms with Gasteiger partial charge in [0.1, 0.15) is 0 Å². The van der Waals surface area contributed by atoms with Crippen molar-refractivity contribution < 1.29 is 0 Å². The third kappa shape index (κ3) is 2.68. The van der Waals surface area contributed by atoms with Crippen LogP contribution >= 0.6 is 0 Å². The van der Waals surface area contributed by atoms with Crippen LogP contribution in [0.4, 0.5) is 0 Å². The highest BCUT2D eigenvalue weighted by Crippen LogP contribution is 2.37. The van der Waals surface area contributed by atoms with Crippen LogP contribution < -0.4 is 5.73 Å². The van der Waals surface area contributed by atoms with E-state index in [0.29, 0.717) is 0 Å². The maximum Gasteiger partial charge on any atom is 0.0366 e. The summed E-state index contributed by atoms with van der Waals surface area (Å²) < 4.78 is 0. The molecule has 2 aromatic rings. The van der Waals surface area contributed by atoms with Crippen LogP contribution in [0.1, 0.15) is 17.5 Å². The van der Waals surface area contributed by atoms with E-state index in [4.69, 9.17) is 5.73 Å². The van der Waals surface area contributed by atoms with Gasteiger partial charge in [0.25, 0.3) is 0 Å². The van der Waals surface area contributed by atoms with Crippen LogP contribution in [0.3, 0.4) is 0 Å². The smallest absolute Gasteiger partial charge is 0.0366 e. The molecule has 1 heteroatoms. The number of hydrogen-bond acceptors (Lipinski definition) is 1. The molecule has 1 aliphatic rings. The van der Waals surface area contributed by atoms with Crippen molar-refractivity contribution in [1.29, 1.82) is 0 Å². The molecule has 21 heavy (non-hydrogen) atoms. The quantitative estimate of drug-likeness (QED) is 0.879. The van der Waals surface area contributed by atoms with Crippen molar-refractivity contribution in [3.05, 3.63) is 102 Å². The molecule has 0 spiro atoms. The predicted molar refractivity (Wildman–Crippen MR) is 89.6 cm³/mol. The van der Waals surface area contributed by atoms with E-state index in [2.05, 4.69) is 72.8 Å². The van der Waals surface area contributed by atoms with E-state index in [-0.39, 0.29) is 5.41 Å². The second kappa shape index (κ2) is 5.84. The standard InChI is InChI=1S/C20H19N/c21-16-15-20(19-9-5-2-6-10-19)13-11-18(12-14-20)17-7-3-1-4-8-17/h1-13,15-16H,14,21H2. The predicted octanol–water partition coefficient (Wildman–Crippen LogP) is 4.44. The van der Waals surface area contributed by atoms with Crippen molar-refractivity contribution in [3.63, 3.8) is 0 Å². The van der Waals surface area contributed by atoms with Crippen molar-refractivity contribution in [3.8, 4) is 0 Å². The van der Waals surface area contributed by atoms with Crippen LogP contribution in [0.5, 0.6) is 0 Å². The average molecular weight is 273 g/mol. The van der Waals surface area contributed by atoms with Crippen molar-refractivity contribution in [1.82, 2.24) is 0 Å². The summed E-state index contributed by atoms with van der Waals surface area (Å²) in [4.78, 5) is 0. The third-order valence-corrected chi connectivity index (χ3v) is 4.03. The summed E-state index contributed by atoms with van der Waals surface area (Å²) >= 11 is 0. The highest BCUT2D eigenvalue weighted by atomic mass is 14.5. The fourth-order valence-electron chi connectivity index (χ4n) is 2.85. The van der Waals surface area contributed by atoms with Crippen LogP contribution in [0.15, 0.2) is 91.2 Å². The molecular formula is C20H19N. The Morgan fingerprint density at radius 1 is 0.905 bits per heavy atom. The Labute approximate surface area is 126 Å². The van der Waals surface area contributed by atoms with Crippen LogP contribution in [-0.2, 0) is 5.41 Å². The molecule has 0 aromatic heterocycles. The van der Waals surface area contributed by atoms with Gasteiger partial charge in [-0.1, -0.05) is 85.0 Å². The SMILES string of the molecule is NC=CC1(c2ccccc2)C=CC(c2ccccc2)=CC1. The normalized spacial score (nSPS) is 21.4. The van der Waals surface area contributed by atoms with E-state index < -0.39 is 0 Å². The zero-order valence-corrected chi connectivity index (χ0v) is 11.9. The lowest BCUT2D eigenvalue weighted by Gasteiger charge is -2.30. The van der Waals surface area contributed by atoms with Gasteiger partial charge in [0.05, 0.1) is 0 Å². The molecule has 1 atom stereocenters. The van der Waals surface area contributed by atoms with Crippen molar-refractivity contribution in [2.75, 3.05) is 0 Å². The number of benzene rings is 2. The molecule has 0 saturated heterocycles. The number of hydrogen-bond donors (Lipinski definition) is 1. The Bertz CT molecular complexity index is 680. The molecule has 0 fully saturated rings. The summed E-state index contributed by atoms with van der Waals surface area (Å²) in [5, 5.41) is 0. The second-order valence-corrected chi connectivity index (χ2v) is 5.33. The summed E-state index contributed by atoms with van der Waals surface area (Å²) in [7, 11) is 0. The summed E-state index contributed by atoms with van der Waals surface area (Å²) in [6.45, 7) is 0. The number of rotatable bonds is 3. The number of allylic oxidation sites excluding steroid dienone is 5. The molecule has 3 rings (SSSR count). The minimum absolute atomic E-state index is 0.131. The van der Waals surface area contributed by atoms with Crippen LogP contribution in [0.25, 0.3) is 5.57 Å². The fourth-order valence-corrected chi connectivity index (χ4v) is 2.85. The van der Waals surface area contributed by atoms with Gasteiger partial charge in [-0.3, -0.25) is 0 Å². The monoisotopic (exact) mass is 273 g/mol. The Kier molecular flexibility index (Phi) is 3.74. The van der Waals surface area contributed by atoms with Gasteiger partial charge in [0.15, 0.2) is 0 Å². The van der Waals surface area contributed by atoms with Crippen molar-refractivity contribution >= 4 is 5.57 Å². The van der Waals surface area contributed by atoms with Crippen molar-refractivity contribution in [2.45, 2.75) is 11.8 Å². The van der Waals surface area contributed by atoms with Gasteiger partial charge in [-0.2, -0.15) is 0 Å². The minimum Gasteiger partial charge on any atom is -0.405 e. The Morgan fingerprint density at radius 3 is 2.14 bits per heavy atom. The average Bonchev–Trinajstić information content (AvgIpc) is 2.57. The van der Waals surface area contributed by atoms with E-state index in [9.17, 15) is 0 Å². The molecule has 2 aromatic carbocycles. The first-order chi connectivity index (χ1) is 10.3. The Morgan fingerprint density at radius 2 is 1.57 bits per heavy atom. The van der Waals surface area contributed by atoms with Crippen LogP contribution in [0, 0.1) is 0 Å². The maximum atomic E-state index is 5.69. The zero-order chi connectivity index (χ0) is 14.5. The third-order valence-electron chi connectivity index (χ3n) is 4.03. The lowest BCUT2D eigenvalue weighted by molar-refractivity contribution is 0.675. The maximum absolute atomic E-state index is 5.69. The fraction of sp³-hybridized carbons (Fsp3) is 0.100. The minimum atomic E-state index is -0.131. The van der Waals surface area contributed by atoms with Crippen LogP contribution in [-0.4, -0.2) is 0 Å². The molecule has 1 unspecified atom stereocenters. The first kappa shape index (κ1) is 13.4. The Balaban J connectivity index is 1.95. The van der Waals surface area contributed by atoms with E-state index in [0.717, 1.165) is 6.42 Å². The topological polar surface area (TPSA) is 26.0 Å². The van der Waals surface area contributed by atoms with Gasteiger partial charge in [-0.25, -0.2) is 0 Å². The van der Waals surface area contributed by atoms with E-state index in [1.165, 1.54) is 16.7 Å². The summed E-state index contributed by atoms with van der Waals surface area (Å²) in [5.41, 5.74) is 9.36. The number of nitrogens with two attached hydrogens (primary N) is 1. The Hall–Kier alpha value is -2.54. The first-order valence-corrected chi connectivity index (χ1v) is 7.24. The van der Waals surface area contributed by atoms with Gasteiger partial charge in [0.2, 0.25) is 0 Å². The van der Waals surface area contributed by atoms with E-state index >= 15 is 0 Å². The van der Waals surface area contributed by atoms with Crippen LogP contribution in [0.2, 0.25) is 0 Å². The van der Waals surface area contributed by atoms with Gasteiger partial charge >= 0.3 is 0 Å². The summed E-state index contributed by atoms with van der Waals surface area (Å²) in [6.07, 6.45) is 11.4. The molecular weight excluding hydrogens is 254 g/mol. The second-order valence-electron chi connectivity index (χ2n) is 5.33. The highest BCUT2D eigenvalue weighted by molar-refractivity contribution is 5.76. The van der Waals surface area contributed by atoms with Crippen molar-refractivity contribution in [2.24, 2.45) is 5.73 Å². The largest absolute Gasteiger partial charge is 0.405 e. The van der Waals surface area contributed by atoms with E-state index in [1.54, 1.807) is 6.20 Å². The lowest BCUT2D eigenvalue weighted by atomic mass is 9.74. The molecule has 0 heterocycles. The molecule has 104 valence electrons. The summed E-state index contributed by atoms with van der Waals surface area (Å²) in [6, 6.07) is 21.0.